The Morgan fingerprint density at radius 1 is 1.38 bits per heavy atom. The molecule has 3 nitrogen and oxygen atoms in total. The zero-order valence-electron chi connectivity index (χ0n) is 8.45. The number of halogens is 2. The van der Waals surface area contributed by atoms with Gasteiger partial charge in [0.1, 0.15) is 17.1 Å². The molecule has 1 aromatic carbocycles. The fourth-order valence-corrected chi connectivity index (χ4v) is 1.88. The van der Waals surface area contributed by atoms with Gasteiger partial charge in [-0.15, -0.1) is 10.2 Å². The van der Waals surface area contributed by atoms with Gasteiger partial charge in [0.15, 0.2) is 0 Å². The summed E-state index contributed by atoms with van der Waals surface area (Å²) < 4.78 is 26.4. The van der Waals surface area contributed by atoms with E-state index in [1.54, 1.807) is 12.4 Å². The van der Waals surface area contributed by atoms with Gasteiger partial charge in [-0.2, -0.15) is 0 Å². The zero-order chi connectivity index (χ0) is 11.5. The van der Waals surface area contributed by atoms with Gasteiger partial charge in [-0.1, -0.05) is 11.3 Å². The molecule has 1 N–H and O–H groups in total. The Morgan fingerprint density at radius 2 is 2.19 bits per heavy atom. The topological polar surface area (TPSA) is 37.8 Å². The van der Waals surface area contributed by atoms with Crippen LogP contribution in [0.2, 0.25) is 0 Å². The van der Waals surface area contributed by atoms with Gasteiger partial charge in [0.2, 0.25) is 5.13 Å². The molecule has 0 saturated heterocycles. The van der Waals surface area contributed by atoms with E-state index in [0.717, 1.165) is 12.1 Å². The number of benzene rings is 1. The van der Waals surface area contributed by atoms with Crippen LogP contribution in [0.5, 0.6) is 0 Å². The largest absolute Gasteiger partial charge is 0.353 e. The molecule has 1 atom stereocenters. The fraction of sp³-hybridized carbons (Fsp3) is 0.200. The van der Waals surface area contributed by atoms with Crippen LogP contribution in [0.15, 0.2) is 23.7 Å². The van der Waals surface area contributed by atoms with Crippen molar-refractivity contribution in [1.82, 2.24) is 10.2 Å². The maximum absolute atomic E-state index is 13.4. The fourth-order valence-electron chi connectivity index (χ4n) is 1.35. The van der Waals surface area contributed by atoms with Crippen molar-refractivity contribution in [1.29, 1.82) is 0 Å². The molecule has 0 aliphatic carbocycles. The minimum Gasteiger partial charge on any atom is -0.353 e. The molecule has 0 amide bonds. The second kappa shape index (κ2) is 4.52. The number of anilines is 1. The number of rotatable bonds is 3. The molecule has 2 rings (SSSR count). The highest BCUT2D eigenvalue weighted by Gasteiger charge is 2.12. The SMILES string of the molecule is CC(Nc1nncs1)c1cc(F)ccc1F. The second-order valence-electron chi connectivity index (χ2n) is 3.28. The monoisotopic (exact) mass is 241 g/mol. The third kappa shape index (κ3) is 2.33. The van der Waals surface area contributed by atoms with E-state index in [4.69, 9.17) is 0 Å². The smallest absolute Gasteiger partial charge is 0.205 e. The molecule has 1 aromatic heterocycles. The van der Waals surface area contributed by atoms with Crippen molar-refractivity contribution in [2.75, 3.05) is 5.32 Å². The highest BCUT2D eigenvalue weighted by atomic mass is 32.1. The van der Waals surface area contributed by atoms with Gasteiger partial charge in [-0.3, -0.25) is 0 Å². The van der Waals surface area contributed by atoms with Crippen LogP contribution in [0.4, 0.5) is 13.9 Å². The Morgan fingerprint density at radius 3 is 2.88 bits per heavy atom. The van der Waals surface area contributed by atoms with Crippen molar-refractivity contribution in [3.8, 4) is 0 Å². The van der Waals surface area contributed by atoms with Crippen LogP contribution in [-0.4, -0.2) is 10.2 Å². The Labute approximate surface area is 95.1 Å². The average Bonchev–Trinajstić information content (AvgIpc) is 2.74. The van der Waals surface area contributed by atoms with E-state index < -0.39 is 11.6 Å². The molecule has 0 radical (unpaired) electrons. The van der Waals surface area contributed by atoms with E-state index in [1.807, 2.05) is 0 Å². The molecule has 6 heteroatoms. The molecule has 0 bridgehead atoms. The predicted molar refractivity (Wildman–Crippen MR) is 58.3 cm³/mol. The Balaban J connectivity index is 2.20. The molecule has 0 aliphatic heterocycles. The molecule has 0 aliphatic rings. The number of hydrogen-bond acceptors (Lipinski definition) is 4. The van der Waals surface area contributed by atoms with Gasteiger partial charge < -0.3 is 5.32 Å². The summed E-state index contributed by atoms with van der Waals surface area (Å²) in [6.45, 7) is 1.74. The van der Waals surface area contributed by atoms with E-state index in [1.165, 1.54) is 17.4 Å². The molecule has 0 fully saturated rings. The van der Waals surface area contributed by atoms with E-state index in [-0.39, 0.29) is 11.6 Å². The summed E-state index contributed by atoms with van der Waals surface area (Å²) >= 11 is 1.31. The highest BCUT2D eigenvalue weighted by molar-refractivity contribution is 7.13. The maximum Gasteiger partial charge on any atom is 0.205 e. The summed E-state index contributed by atoms with van der Waals surface area (Å²) in [5, 5.41) is 10.9. The zero-order valence-corrected chi connectivity index (χ0v) is 9.26. The standard InChI is InChI=1S/C10H9F2N3S/c1-6(14-10-15-13-5-16-10)8-4-7(11)2-3-9(8)12/h2-6H,1H3,(H,14,15). The minimum atomic E-state index is -0.456. The number of nitrogens with zero attached hydrogens (tertiary/aromatic N) is 2. The number of nitrogens with one attached hydrogen (secondary N) is 1. The minimum absolute atomic E-state index is 0.273. The second-order valence-corrected chi connectivity index (χ2v) is 4.11. The van der Waals surface area contributed by atoms with Crippen molar-refractivity contribution in [2.45, 2.75) is 13.0 Å². The summed E-state index contributed by atoms with van der Waals surface area (Å²) in [5.41, 5.74) is 1.84. The Hall–Kier alpha value is -1.56. The first-order valence-electron chi connectivity index (χ1n) is 4.64. The van der Waals surface area contributed by atoms with Crippen molar-refractivity contribution in [3.05, 3.63) is 40.9 Å². The quantitative estimate of drug-likeness (QED) is 0.897. The molecule has 0 saturated carbocycles. The lowest BCUT2D eigenvalue weighted by atomic mass is 10.1. The van der Waals surface area contributed by atoms with Crippen molar-refractivity contribution < 1.29 is 8.78 Å². The summed E-state index contributed by atoms with van der Waals surface area (Å²) in [4.78, 5) is 0. The van der Waals surface area contributed by atoms with Crippen LogP contribution in [-0.2, 0) is 0 Å². The van der Waals surface area contributed by atoms with Crippen molar-refractivity contribution in [3.63, 3.8) is 0 Å². The Kier molecular flexibility index (Phi) is 3.09. The first-order valence-corrected chi connectivity index (χ1v) is 5.52. The van der Waals surface area contributed by atoms with E-state index in [2.05, 4.69) is 15.5 Å². The van der Waals surface area contributed by atoms with E-state index in [0.29, 0.717) is 5.13 Å². The van der Waals surface area contributed by atoms with Gasteiger partial charge in [0.25, 0.3) is 0 Å². The predicted octanol–water partition coefficient (Wildman–Crippen LogP) is 2.99. The van der Waals surface area contributed by atoms with Crippen LogP contribution in [0.3, 0.4) is 0 Å². The molecule has 16 heavy (non-hydrogen) atoms. The molecule has 1 heterocycles. The van der Waals surface area contributed by atoms with Crippen LogP contribution >= 0.6 is 11.3 Å². The molecule has 1 unspecified atom stereocenters. The molecular formula is C10H9F2N3S. The van der Waals surface area contributed by atoms with Gasteiger partial charge in [0, 0.05) is 5.56 Å². The molecule has 2 aromatic rings. The van der Waals surface area contributed by atoms with Crippen LogP contribution in [0.1, 0.15) is 18.5 Å². The van der Waals surface area contributed by atoms with Crippen LogP contribution in [0, 0.1) is 11.6 Å². The van der Waals surface area contributed by atoms with Gasteiger partial charge >= 0.3 is 0 Å². The highest BCUT2D eigenvalue weighted by Crippen LogP contribution is 2.22. The summed E-state index contributed by atoms with van der Waals surface area (Å²) in [6, 6.07) is 3.02. The summed E-state index contributed by atoms with van der Waals surface area (Å²) in [7, 11) is 0. The summed E-state index contributed by atoms with van der Waals surface area (Å²) in [6.07, 6.45) is 0. The lowest BCUT2D eigenvalue weighted by Gasteiger charge is -2.13. The first-order chi connectivity index (χ1) is 7.66. The lowest BCUT2D eigenvalue weighted by Crippen LogP contribution is -2.08. The number of aromatic nitrogens is 2. The summed E-state index contributed by atoms with van der Waals surface area (Å²) in [5.74, 6) is -0.895. The third-order valence-corrected chi connectivity index (χ3v) is 2.75. The molecular weight excluding hydrogens is 232 g/mol. The molecule has 0 spiro atoms. The van der Waals surface area contributed by atoms with Gasteiger partial charge in [0.05, 0.1) is 6.04 Å². The Bertz CT molecular complexity index is 473. The van der Waals surface area contributed by atoms with Crippen LogP contribution in [0.25, 0.3) is 0 Å². The third-order valence-electron chi connectivity index (χ3n) is 2.12. The molecule has 84 valence electrons. The van der Waals surface area contributed by atoms with Crippen molar-refractivity contribution in [2.24, 2.45) is 0 Å². The first kappa shape index (κ1) is 10.9. The average molecular weight is 241 g/mol. The number of hydrogen-bond donors (Lipinski definition) is 1. The van der Waals surface area contributed by atoms with E-state index >= 15 is 0 Å². The van der Waals surface area contributed by atoms with Gasteiger partial charge in [-0.05, 0) is 25.1 Å². The lowest BCUT2D eigenvalue weighted by molar-refractivity contribution is 0.577. The van der Waals surface area contributed by atoms with Crippen molar-refractivity contribution >= 4 is 16.5 Å². The normalized spacial score (nSPS) is 12.4. The van der Waals surface area contributed by atoms with Crippen LogP contribution < -0.4 is 5.32 Å². The van der Waals surface area contributed by atoms with E-state index in [9.17, 15) is 8.78 Å². The maximum atomic E-state index is 13.4. The van der Waals surface area contributed by atoms with Gasteiger partial charge in [-0.25, -0.2) is 8.78 Å².